The van der Waals surface area contributed by atoms with Gasteiger partial charge in [-0.05, 0) is 25.7 Å². The van der Waals surface area contributed by atoms with Crippen LogP contribution in [0.4, 0.5) is 0 Å². The van der Waals surface area contributed by atoms with Crippen LogP contribution in [0.5, 0.6) is 0 Å². The van der Waals surface area contributed by atoms with E-state index in [1.165, 1.54) is 179 Å². The van der Waals surface area contributed by atoms with Crippen molar-refractivity contribution in [2.24, 2.45) is 0 Å². The van der Waals surface area contributed by atoms with Crippen LogP contribution in [-0.2, 0) is 13.1 Å². The fourth-order valence-corrected chi connectivity index (χ4v) is 5.44. The first kappa shape index (κ1) is 32.2. The first-order valence-corrected chi connectivity index (χ1v) is 16.3. The molecule has 0 amide bonds. The van der Waals surface area contributed by atoms with Gasteiger partial charge in [-0.15, -0.1) is 0 Å². The van der Waals surface area contributed by atoms with E-state index in [0.29, 0.717) is 0 Å². The third-order valence-electron chi connectivity index (χ3n) is 8.01. The Morgan fingerprint density at radius 3 is 1.23 bits per heavy atom. The average molecular weight is 490 g/mol. The molecular weight excluding hydrogens is 424 g/mol. The van der Waals surface area contributed by atoms with Gasteiger partial charge in [-0.1, -0.05) is 149 Å². The normalized spacial score (nSPS) is 11.5. The molecular formula is C33H65N2+. The fraction of sp³-hybridized carbons (Fsp3) is 0.909. The minimum atomic E-state index is 1.20. The van der Waals surface area contributed by atoms with Gasteiger partial charge in [0.25, 0.3) is 5.82 Å². The van der Waals surface area contributed by atoms with Crippen molar-refractivity contribution >= 4 is 0 Å². The van der Waals surface area contributed by atoms with Crippen molar-refractivity contribution in [3.05, 3.63) is 18.2 Å². The highest BCUT2D eigenvalue weighted by Gasteiger charge is 2.11. The van der Waals surface area contributed by atoms with Crippen LogP contribution in [0.25, 0.3) is 0 Å². The molecule has 0 bridgehead atoms. The van der Waals surface area contributed by atoms with Gasteiger partial charge in [0.05, 0.1) is 13.1 Å². The number of aromatic nitrogens is 2. The van der Waals surface area contributed by atoms with E-state index < -0.39 is 0 Å². The molecule has 0 atom stereocenters. The molecule has 1 aromatic heterocycles. The number of rotatable bonds is 27. The third kappa shape index (κ3) is 19.0. The molecule has 1 heterocycles. The van der Waals surface area contributed by atoms with Gasteiger partial charge in [0.1, 0.15) is 12.4 Å². The van der Waals surface area contributed by atoms with Crippen LogP contribution < -0.4 is 4.57 Å². The van der Waals surface area contributed by atoms with Crippen LogP contribution >= 0.6 is 0 Å². The van der Waals surface area contributed by atoms with E-state index in [1.807, 2.05) is 0 Å². The quantitative estimate of drug-likeness (QED) is 0.0858. The number of imidazole rings is 1. The molecule has 0 aromatic carbocycles. The van der Waals surface area contributed by atoms with Crippen molar-refractivity contribution in [3.63, 3.8) is 0 Å². The molecule has 0 unspecified atom stereocenters. The second kappa shape index (κ2) is 24.9. The smallest absolute Gasteiger partial charge is 0.234 e. The maximum Gasteiger partial charge on any atom is 0.253 e. The Bertz CT molecular complexity index is 547. The number of aryl methyl sites for hydroxylation is 2. The van der Waals surface area contributed by atoms with Crippen LogP contribution in [0.15, 0.2) is 12.4 Å². The average Bonchev–Trinajstić information content (AvgIpc) is 3.21. The van der Waals surface area contributed by atoms with E-state index in [1.54, 1.807) is 0 Å². The minimum absolute atomic E-state index is 1.20. The molecule has 2 heteroatoms. The molecule has 0 aliphatic heterocycles. The first-order chi connectivity index (χ1) is 17.3. The standard InChI is InChI=1S/C33H65N2/c1-4-6-8-10-12-14-16-17-18-19-20-22-24-26-28-30-35-32-31-34(33(35)3)29-27-25-23-21-15-13-11-9-7-5-2/h31-32H,4-30H2,1-3H3/q+1. The van der Waals surface area contributed by atoms with E-state index in [0.717, 1.165) is 0 Å². The molecule has 0 fully saturated rings. The van der Waals surface area contributed by atoms with Gasteiger partial charge in [0, 0.05) is 6.92 Å². The van der Waals surface area contributed by atoms with Crippen LogP contribution in [-0.4, -0.2) is 4.57 Å². The van der Waals surface area contributed by atoms with E-state index >= 15 is 0 Å². The molecule has 2 nitrogen and oxygen atoms in total. The maximum absolute atomic E-state index is 2.48. The summed E-state index contributed by atoms with van der Waals surface area (Å²) in [6.07, 6.45) is 40.4. The number of nitrogens with zero attached hydrogens (tertiary/aromatic N) is 2. The van der Waals surface area contributed by atoms with E-state index in [2.05, 4.69) is 42.3 Å². The van der Waals surface area contributed by atoms with Crippen LogP contribution in [0, 0.1) is 6.92 Å². The first-order valence-electron chi connectivity index (χ1n) is 16.3. The van der Waals surface area contributed by atoms with Crippen molar-refractivity contribution < 1.29 is 4.57 Å². The molecule has 0 N–H and O–H groups in total. The minimum Gasteiger partial charge on any atom is -0.234 e. The molecule has 0 saturated carbocycles. The highest BCUT2D eigenvalue weighted by Crippen LogP contribution is 2.14. The molecule has 0 aliphatic rings. The largest absolute Gasteiger partial charge is 0.253 e. The predicted molar refractivity (Wildman–Crippen MR) is 156 cm³/mol. The molecule has 0 aliphatic carbocycles. The lowest BCUT2D eigenvalue weighted by molar-refractivity contribution is -0.702. The van der Waals surface area contributed by atoms with Crippen molar-refractivity contribution in [1.29, 1.82) is 0 Å². The summed E-state index contributed by atoms with van der Waals surface area (Å²) in [5, 5.41) is 0. The molecule has 1 rings (SSSR count). The van der Waals surface area contributed by atoms with Crippen molar-refractivity contribution in [1.82, 2.24) is 4.57 Å². The molecule has 0 spiro atoms. The summed E-state index contributed by atoms with van der Waals surface area (Å²) in [5.74, 6) is 1.45. The van der Waals surface area contributed by atoms with Gasteiger partial charge < -0.3 is 0 Å². The highest BCUT2D eigenvalue weighted by molar-refractivity contribution is 4.79. The number of unbranched alkanes of at least 4 members (excludes halogenated alkanes) is 23. The maximum atomic E-state index is 2.48. The van der Waals surface area contributed by atoms with Gasteiger partial charge in [-0.25, -0.2) is 9.13 Å². The van der Waals surface area contributed by atoms with Gasteiger partial charge in [-0.2, -0.15) is 0 Å². The van der Waals surface area contributed by atoms with Gasteiger partial charge in [0.2, 0.25) is 0 Å². The fourth-order valence-electron chi connectivity index (χ4n) is 5.44. The van der Waals surface area contributed by atoms with Crippen LogP contribution in [0.1, 0.15) is 180 Å². The van der Waals surface area contributed by atoms with Crippen LogP contribution in [0.3, 0.4) is 0 Å². The summed E-state index contributed by atoms with van der Waals surface area (Å²) < 4.78 is 4.97. The van der Waals surface area contributed by atoms with E-state index in [4.69, 9.17) is 0 Å². The summed E-state index contributed by atoms with van der Waals surface area (Å²) in [6.45, 7) is 9.32. The van der Waals surface area contributed by atoms with Gasteiger partial charge in [0.15, 0.2) is 0 Å². The molecule has 0 saturated heterocycles. The summed E-state index contributed by atoms with van der Waals surface area (Å²) in [5.41, 5.74) is 0. The zero-order valence-corrected chi connectivity index (χ0v) is 24.6. The van der Waals surface area contributed by atoms with Crippen molar-refractivity contribution in [2.45, 2.75) is 194 Å². The Labute approximate surface area is 221 Å². The molecule has 35 heavy (non-hydrogen) atoms. The zero-order chi connectivity index (χ0) is 25.2. The topological polar surface area (TPSA) is 8.81 Å². The molecule has 206 valence electrons. The predicted octanol–water partition coefficient (Wildman–Crippen LogP) is 10.9. The molecule has 0 radical (unpaired) electrons. The summed E-state index contributed by atoms with van der Waals surface area (Å²) >= 11 is 0. The highest BCUT2D eigenvalue weighted by atomic mass is 15.1. The number of hydrogen-bond donors (Lipinski definition) is 0. The second-order valence-electron chi connectivity index (χ2n) is 11.4. The Kier molecular flexibility index (Phi) is 22.9. The van der Waals surface area contributed by atoms with Gasteiger partial charge >= 0.3 is 0 Å². The van der Waals surface area contributed by atoms with Crippen molar-refractivity contribution in [2.75, 3.05) is 0 Å². The number of hydrogen-bond acceptors (Lipinski definition) is 0. The van der Waals surface area contributed by atoms with E-state index in [-0.39, 0.29) is 0 Å². The summed E-state index contributed by atoms with van der Waals surface area (Å²) in [6, 6.07) is 0. The zero-order valence-electron chi connectivity index (χ0n) is 24.6. The summed E-state index contributed by atoms with van der Waals surface area (Å²) in [4.78, 5) is 0. The lowest BCUT2D eigenvalue weighted by Gasteiger charge is -2.04. The van der Waals surface area contributed by atoms with Crippen LogP contribution in [0.2, 0.25) is 0 Å². The second-order valence-corrected chi connectivity index (χ2v) is 11.4. The monoisotopic (exact) mass is 490 g/mol. The van der Waals surface area contributed by atoms with E-state index in [9.17, 15) is 0 Å². The summed E-state index contributed by atoms with van der Waals surface area (Å²) in [7, 11) is 0. The Balaban J connectivity index is 1.90. The Morgan fingerprint density at radius 2 is 0.829 bits per heavy atom. The van der Waals surface area contributed by atoms with Crippen molar-refractivity contribution in [3.8, 4) is 0 Å². The lowest BCUT2D eigenvalue weighted by Crippen LogP contribution is -2.35. The lowest BCUT2D eigenvalue weighted by atomic mass is 10.0. The SMILES string of the molecule is CCCCCCCCCCCCCCCCC[n+]1ccn(CCCCCCCCCCCC)c1C. The van der Waals surface area contributed by atoms with Gasteiger partial charge in [-0.3, -0.25) is 0 Å². The third-order valence-corrected chi connectivity index (χ3v) is 8.01. The molecule has 1 aromatic rings. The Hall–Kier alpha value is -0.790. The Morgan fingerprint density at radius 1 is 0.486 bits per heavy atom.